The Kier molecular flexibility index (Phi) is 3.48. The first-order valence-corrected chi connectivity index (χ1v) is 10.2. The van der Waals surface area contributed by atoms with E-state index in [0.29, 0.717) is 16.9 Å². The summed E-state index contributed by atoms with van der Waals surface area (Å²) < 4.78 is 2.14. The van der Waals surface area contributed by atoms with Crippen LogP contribution in [0.3, 0.4) is 0 Å². The van der Waals surface area contributed by atoms with E-state index in [9.17, 15) is 5.11 Å². The van der Waals surface area contributed by atoms with Gasteiger partial charge in [0.05, 0.1) is 12.1 Å². The number of fused-ring (bicyclic) bond motifs is 5. The number of aromatic nitrogens is 3. The molecule has 0 amide bonds. The summed E-state index contributed by atoms with van der Waals surface area (Å²) in [6.45, 7) is 5.04. The van der Waals surface area contributed by atoms with E-state index in [0.717, 1.165) is 30.6 Å². The summed E-state index contributed by atoms with van der Waals surface area (Å²) in [4.78, 5) is 4.21. The Morgan fingerprint density at radius 2 is 2.00 bits per heavy atom. The summed E-state index contributed by atoms with van der Waals surface area (Å²) >= 11 is 0. The highest BCUT2D eigenvalue weighted by molar-refractivity contribution is 5.25. The van der Waals surface area contributed by atoms with Gasteiger partial charge >= 0.3 is 0 Å². The maximum atomic E-state index is 10.1. The molecule has 0 aliphatic heterocycles. The van der Waals surface area contributed by atoms with Gasteiger partial charge in [0.15, 0.2) is 0 Å². The highest BCUT2D eigenvalue weighted by Gasteiger charge is 2.59. The molecule has 0 spiro atoms. The molecule has 136 valence electrons. The molecule has 1 aromatic rings. The Labute approximate surface area is 150 Å². The second kappa shape index (κ2) is 5.42. The Hall–Kier alpha value is -1.16. The van der Waals surface area contributed by atoms with Crippen LogP contribution in [-0.4, -0.2) is 26.0 Å². The highest BCUT2D eigenvalue weighted by Crippen LogP contribution is 2.66. The lowest BCUT2D eigenvalue weighted by Crippen LogP contribution is -2.50. The maximum Gasteiger partial charge on any atom is 0.137 e. The summed E-state index contributed by atoms with van der Waals surface area (Å²) in [6.07, 6.45) is 15.6. The molecule has 4 heteroatoms. The molecule has 1 N–H and O–H groups in total. The van der Waals surface area contributed by atoms with Gasteiger partial charge in [-0.25, -0.2) is 9.67 Å². The molecule has 0 radical (unpaired) electrons. The summed E-state index contributed by atoms with van der Waals surface area (Å²) in [5, 5.41) is 14.6. The van der Waals surface area contributed by atoms with E-state index in [-0.39, 0.29) is 6.10 Å². The zero-order valence-corrected chi connectivity index (χ0v) is 15.6. The van der Waals surface area contributed by atoms with E-state index in [2.05, 4.69) is 34.7 Å². The van der Waals surface area contributed by atoms with Crippen LogP contribution in [0.4, 0.5) is 0 Å². The Bertz CT molecular complexity index is 683. The molecule has 4 aliphatic carbocycles. The topological polar surface area (TPSA) is 50.9 Å². The molecular weight excluding hydrogens is 310 g/mol. The third-order valence-electron chi connectivity index (χ3n) is 8.78. The summed E-state index contributed by atoms with van der Waals surface area (Å²) in [5.74, 6) is 2.44. The second-order valence-corrected chi connectivity index (χ2v) is 9.67. The monoisotopic (exact) mass is 341 g/mol. The lowest BCUT2D eigenvalue weighted by atomic mass is 9.48. The average molecular weight is 341 g/mol. The van der Waals surface area contributed by atoms with Crippen LogP contribution in [-0.2, 0) is 0 Å². The summed E-state index contributed by atoms with van der Waals surface area (Å²) in [5.41, 5.74) is 2.28. The molecule has 0 aromatic carbocycles. The van der Waals surface area contributed by atoms with Crippen LogP contribution in [0.1, 0.15) is 71.3 Å². The number of aliphatic hydroxyl groups excluding tert-OH is 1. The number of rotatable bonds is 1. The fraction of sp³-hybridized carbons (Fsp3) is 0.810. The van der Waals surface area contributed by atoms with Crippen LogP contribution in [0.5, 0.6) is 0 Å². The van der Waals surface area contributed by atoms with Crippen molar-refractivity contribution in [3.8, 4) is 0 Å². The lowest BCUT2D eigenvalue weighted by molar-refractivity contribution is -0.0488. The van der Waals surface area contributed by atoms with E-state index in [1.807, 2.05) is 6.33 Å². The molecule has 1 aromatic heterocycles. The van der Waals surface area contributed by atoms with E-state index in [1.54, 1.807) is 11.9 Å². The van der Waals surface area contributed by atoms with Crippen molar-refractivity contribution >= 4 is 0 Å². The average Bonchev–Trinajstić information content (AvgIpc) is 3.22. The van der Waals surface area contributed by atoms with Crippen molar-refractivity contribution in [2.75, 3.05) is 0 Å². The molecular formula is C21H31N3O. The number of nitrogens with zero attached hydrogens (tertiary/aromatic N) is 3. The Balaban J connectivity index is 1.47. The molecule has 5 rings (SSSR count). The van der Waals surface area contributed by atoms with E-state index in [4.69, 9.17) is 0 Å². The van der Waals surface area contributed by atoms with Crippen molar-refractivity contribution in [2.45, 2.75) is 77.4 Å². The minimum atomic E-state index is -0.104. The van der Waals surface area contributed by atoms with Gasteiger partial charge in [0.25, 0.3) is 0 Å². The van der Waals surface area contributed by atoms with E-state index >= 15 is 0 Å². The second-order valence-electron chi connectivity index (χ2n) is 9.67. The Morgan fingerprint density at radius 1 is 1.12 bits per heavy atom. The number of hydrogen-bond donors (Lipinski definition) is 1. The van der Waals surface area contributed by atoms with Gasteiger partial charge in [-0.05, 0) is 80.0 Å². The van der Waals surface area contributed by atoms with Gasteiger partial charge in [-0.2, -0.15) is 5.10 Å². The first-order valence-electron chi connectivity index (χ1n) is 10.2. The van der Waals surface area contributed by atoms with Crippen molar-refractivity contribution in [2.24, 2.45) is 28.6 Å². The molecule has 7 atom stereocenters. The lowest BCUT2D eigenvalue weighted by Gasteiger charge is -2.57. The SMILES string of the molecule is C[C@]12CCC(O)CC1=CC[C@@H]1[C@H]2CC[C@]2(C)C(n3cncn3)CC[C@@H]12. The maximum absolute atomic E-state index is 10.1. The normalized spacial score (nSPS) is 49.1. The molecule has 3 saturated carbocycles. The molecule has 25 heavy (non-hydrogen) atoms. The van der Waals surface area contributed by atoms with Gasteiger partial charge in [-0.1, -0.05) is 25.5 Å². The van der Waals surface area contributed by atoms with Gasteiger partial charge in [0.1, 0.15) is 12.7 Å². The van der Waals surface area contributed by atoms with Crippen molar-refractivity contribution in [1.82, 2.24) is 14.8 Å². The molecule has 0 saturated heterocycles. The van der Waals surface area contributed by atoms with Crippen LogP contribution in [0, 0.1) is 28.6 Å². The van der Waals surface area contributed by atoms with Crippen LogP contribution in [0.2, 0.25) is 0 Å². The highest BCUT2D eigenvalue weighted by atomic mass is 16.3. The smallest absolute Gasteiger partial charge is 0.137 e. The van der Waals surface area contributed by atoms with Crippen molar-refractivity contribution in [1.29, 1.82) is 0 Å². The van der Waals surface area contributed by atoms with Crippen LogP contribution in [0.25, 0.3) is 0 Å². The van der Waals surface area contributed by atoms with Gasteiger partial charge in [-0.15, -0.1) is 0 Å². The Morgan fingerprint density at radius 3 is 2.80 bits per heavy atom. The largest absolute Gasteiger partial charge is 0.393 e. The number of hydrogen-bond acceptors (Lipinski definition) is 3. The molecule has 1 heterocycles. The van der Waals surface area contributed by atoms with Crippen molar-refractivity contribution in [3.63, 3.8) is 0 Å². The van der Waals surface area contributed by atoms with Crippen molar-refractivity contribution < 1.29 is 5.11 Å². The molecule has 4 nitrogen and oxygen atoms in total. The molecule has 2 unspecified atom stereocenters. The first kappa shape index (κ1) is 16.0. The zero-order chi connectivity index (χ0) is 17.2. The minimum Gasteiger partial charge on any atom is -0.393 e. The third-order valence-corrected chi connectivity index (χ3v) is 8.78. The van der Waals surface area contributed by atoms with Gasteiger partial charge < -0.3 is 5.11 Å². The van der Waals surface area contributed by atoms with Crippen LogP contribution < -0.4 is 0 Å². The van der Waals surface area contributed by atoms with Gasteiger partial charge in [0.2, 0.25) is 0 Å². The summed E-state index contributed by atoms with van der Waals surface area (Å²) in [7, 11) is 0. The summed E-state index contributed by atoms with van der Waals surface area (Å²) in [6, 6.07) is 0.521. The predicted molar refractivity (Wildman–Crippen MR) is 96.8 cm³/mol. The number of allylic oxidation sites excluding steroid dienone is 1. The van der Waals surface area contributed by atoms with E-state index < -0.39 is 0 Å². The zero-order valence-electron chi connectivity index (χ0n) is 15.6. The fourth-order valence-corrected chi connectivity index (χ4v) is 7.43. The minimum absolute atomic E-state index is 0.104. The van der Waals surface area contributed by atoms with Crippen LogP contribution >= 0.6 is 0 Å². The fourth-order valence-electron chi connectivity index (χ4n) is 7.43. The predicted octanol–water partition coefficient (Wildman–Crippen LogP) is 4.14. The van der Waals surface area contributed by atoms with Gasteiger partial charge in [0, 0.05) is 0 Å². The van der Waals surface area contributed by atoms with Gasteiger partial charge in [-0.3, -0.25) is 0 Å². The first-order chi connectivity index (χ1) is 12.0. The standard InChI is InChI=1S/C21H31N3O/c1-20-9-7-15(25)11-14(20)3-4-16-17-5-6-19(24-13-22-12-23-24)21(17,2)10-8-18(16)20/h3,12-13,15-19,25H,4-11H2,1-2H3/t15?,16-,17-,18+,19?,20-,21-/m0/s1. The third kappa shape index (κ3) is 2.16. The van der Waals surface area contributed by atoms with E-state index in [1.165, 1.54) is 38.5 Å². The number of aliphatic hydroxyl groups is 1. The van der Waals surface area contributed by atoms with Crippen molar-refractivity contribution in [3.05, 3.63) is 24.3 Å². The molecule has 3 fully saturated rings. The van der Waals surface area contributed by atoms with Crippen LogP contribution in [0.15, 0.2) is 24.3 Å². The quantitative estimate of drug-likeness (QED) is 0.781. The molecule has 4 aliphatic rings. The molecule has 0 bridgehead atoms.